The fourth-order valence-electron chi connectivity index (χ4n) is 4.37. The van der Waals surface area contributed by atoms with Crippen LogP contribution in [0.15, 0.2) is 79.1 Å². The van der Waals surface area contributed by atoms with Crippen LogP contribution in [0, 0.1) is 0 Å². The lowest BCUT2D eigenvalue weighted by molar-refractivity contribution is -0.145. The standard InChI is InChI=1S/C25H26N2O4S/c28-24(29)25(14-6-10-19-11-7-15-26-17-19)16-21-12-4-5-13-22(21)23(27-25)32(30,31)18-20-8-2-1-3-9-20/h1-5,7-9,11-13,15,17,23,27H,6,10,14,16,18H2,(H,28,29)/t23?,25-/m0/s1. The van der Waals surface area contributed by atoms with Crippen LogP contribution in [0.5, 0.6) is 0 Å². The first-order valence-corrected chi connectivity index (χ1v) is 12.3. The predicted octanol–water partition coefficient (Wildman–Crippen LogP) is 3.69. The first-order valence-electron chi connectivity index (χ1n) is 10.6. The zero-order valence-electron chi connectivity index (χ0n) is 17.6. The van der Waals surface area contributed by atoms with Crippen molar-refractivity contribution in [2.24, 2.45) is 0 Å². The van der Waals surface area contributed by atoms with Gasteiger partial charge < -0.3 is 5.11 Å². The third-order valence-electron chi connectivity index (χ3n) is 6.01. The molecule has 0 radical (unpaired) electrons. The Hall–Kier alpha value is -3.03. The lowest BCUT2D eigenvalue weighted by Gasteiger charge is -2.40. The molecule has 1 aliphatic heterocycles. The molecule has 0 amide bonds. The van der Waals surface area contributed by atoms with Gasteiger partial charge in [-0.1, -0.05) is 60.7 Å². The molecule has 2 heterocycles. The maximum absolute atomic E-state index is 13.5. The Labute approximate surface area is 188 Å². The Morgan fingerprint density at radius 2 is 1.75 bits per heavy atom. The smallest absolute Gasteiger partial charge is 0.324 e. The lowest BCUT2D eigenvalue weighted by Crippen LogP contribution is -2.59. The minimum Gasteiger partial charge on any atom is -0.480 e. The number of benzene rings is 2. The first kappa shape index (κ1) is 22.2. The van der Waals surface area contributed by atoms with Crippen LogP contribution < -0.4 is 5.32 Å². The van der Waals surface area contributed by atoms with Crippen LogP contribution in [0.25, 0.3) is 0 Å². The first-order chi connectivity index (χ1) is 15.4. The number of carbonyl (C=O) groups is 1. The molecule has 0 saturated heterocycles. The second-order valence-electron chi connectivity index (χ2n) is 8.29. The molecule has 0 fully saturated rings. The topological polar surface area (TPSA) is 96.4 Å². The summed E-state index contributed by atoms with van der Waals surface area (Å²) in [7, 11) is -3.72. The number of carboxylic acid groups (broad SMARTS) is 1. The average Bonchev–Trinajstić information content (AvgIpc) is 2.79. The van der Waals surface area contributed by atoms with Crippen LogP contribution >= 0.6 is 0 Å². The van der Waals surface area contributed by atoms with Gasteiger partial charge in [0, 0.05) is 18.8 Å². The van der Waals surface area contributed by atoms with Gasteiger partial charge in [0.1, 0.15) is 10.9 Å². The van der Waals surface area contributed by atoms with Crippen molar-refractivity contribution in [2.45, 2.75) is 42.3 Å². The molecular weight excluding hydrogens is 424 g/mol. The Morgan fingerprint density at radius 1 is 1.03 bits per heavy atom. The van der Waals surface area contributed by atoms with Crippen LogP contribution in [-0.4, -0.2) is 30.0 Å². The van der Waals surface area contributed by atoms with E-state index in [4.69, 9.17) is 0 Å². The molecule has 2 N–H and O–H groups in total. The van der Waals surface area contributed by atoms with E-state index < -0.39 is 26.7 Å². The summed E-state index contributed by atoms with van der Waals surface area (Å²) in [4.78, 5) is 16.6. The van der Waals surface area contributed by atoms with Crippen LogP contribution in [0.1, 0.15) is 40.5 Å². The summed E-state index contributed by atoms with van der Waals surface area (Å²) in [6, 6.07) is 20.0. The highest BCUT2D eigenvalue weighted by atomic mass is 32.2. The van der Waals surface area contributed by atoms with Crippen LogP contribution in [0.3, 0.4) is 0 Å². The molecule has 166 valence electrons. The van der Waals surface area contributed by atoms with Gasteiger partial charge in [-0.15, -0.1) is 0 Å². The van der Waals surface area contributed by atoms with E-state index in [9.17, 15) is 18.3 Å². The fraction of sp³-hybridized carbons (Fsp3) is 0.280. The normalized spacial score (nSPS) is 20.4. The number of aromatic nitrogens is 1. The number of pyridine rings is 1. The molecule has 1 unspecified atom stereocenters. The number of fused-ring (bicyclic) bond motifs is 1. The van der Waals surface area contributed by atoms with E-state index in [1.807, 2.05) is 30.3 Å². The monoisotopic (exact) mass is 450 g/mol. The second-order valence-corrected chi connectivity index (χ2v) is 10.4. The number of nitrogens with zero attached hydrogens (tertiary/aromatic N) is 1. The number of rotatable bonds is 8. The van der Waals surface area contributed by atoms with Crippen LogP contribution in [0.4, 0.5) is 0 Å². The maximum atomic E-state index is 13.5. The van der Waals surface area contributed by atoms with Crippen molar-refractivity contribution in [3.05, 3.63) is 101 Å². The van der Waals surface area contributed by atoms with E-state index in [0.717, 1.165) is 11.1 Å². The predicted molar refractivity (Wildman–Crippen MR) is 123 cm³/mol. The highest BCUT2D eigenvalue weighted by Crippen LogP contribution is 2.37. The van der Waals surface area contributed by atoms with Gasteiger partial charge in [-0.3, -0.25) is 15.1 Å². The van der Waals surface area contributed by atoms with Gasteiger partial charge in [-0.05, 0) is 47.6 Å². The number of nitrogens with one attached hydrogen (secondary N) is 1. The van der Waals surface area contributed by atoms with Gasteiger partial charge in [0.15, 0.2) is 9.84 Å². The molecule has 2 aromatic carbocycles. The van der Waals surface area contributed by atoms with Gasteiger partial charge in [0.05, 0.1) is 5.75 Å². The summed E-state index contributed by atoms with van der Waals surface area (Å²) in [5.41, 5.74) is 1.74. The van der Waals surface area contributed by atoms with Crippen molar-refractivity contribution < 1.29 is 18.3 Å². The van der Waals surface area contributed by atoms with Crippen molar-refractivity contribution in [3.8, 4) is 0 Å². The van der Waals surface area contributed by atoms with Crippen molar-refractivity contribution in [1.82, 2.24) is 10.3 Å². The molecule has 3 aromatic rings. The zero-order valence-corrected chi connectivity index (χ0v) is 18.5. The number of hydrogen-bond acceptors (Lipinski definition) is 5. The molecular formula is C25H26N2O4S. The number of aliphatic carboxylic acids is 1. The van der Waals surface area contributed by atoms with E-state index in [2.05, 4.69) is 10.3 Å². The molecule has 6 nitrogen and oxygen atoms in total. The molecule has 7 heteroatoms. The quantitative estimate of drug-likeness (QED) is 0.543. The Bertz CT molecular complexity index is 1180. The number of sulfone groups is 1. The van der Waals surface area contributed by atoms with Crippen LogP contribution in [0.2, 0.25) is 0 Å². The Morgan fingerprint density at radius 3 is 2.47 bits per heavy atom. The molecule has 0 aliphatic carbocycles. The summed E-state index contributed by atoms with van der Waals surface area (Å²) >= 11 is 0. The molecule has 32 heavy (non-hydrogen) atoms. The number of hydrogen-bond donors (Lipinski definition) is 2. The zero-order chi connectivity index (χ0) is 22.6. The molecule has 4 rings (SSSR count). The second kappa shape index (κ2) is 9.22. The van der Waals surface area contributed by atoms with Gasteiger partial charge in [0.25, 0.3) is 0 Å². The summed E-state index contributed by atoms with van der Waals surface area (Å²) < 4.78 is 26.9. The van der Waals surface area contributed by atoms with Gasteiger partial charge in [0.2, 0.25) is 0 Å². The largest absolute Gasteiger partial charge is 0.480 e. The number of aryl methyl sites for hydroxylation is 1. The molecule has 0 bridgehead atoms. The van der Waals surface area contributed by atoms with Gasteiger partial charge in [-0.25, -0.2) is 8.42 Å². The lowest BCUT2D eigenvalue weighted by atomic mass is 9.80. The minimum absolute atomic E-state index is 0.161. The van der Waals surface area contributed by atoms with Crippen LogP contribution in [-0.2, 0) is 33.2 Å². The summed E-state index contributed by atoms with van der Waals surface area (Å²) in [6.07, 6.45) is 5.28. The van der Waals surface area contributed by atoms with Gasteiger partial charge >= 0.3 is 5.97 Å². The highest BCUT2D eigenvalue weighted by molar-refractivity contribution is 7.90. The average molecular weight is 451 g/mol. The van der Waals surface area contributed by atoms with E-state index in [1.54, 1.807) is 48.8 Å². The summed E-state index contributed by atoms with van der Waals surface area (Å²) in [5.74, 6) is -1.19. The summed E-state index contributed by atoms with van der Waals surface area (Å²) in [5, 5.41) is 12.2. The van der Waals surface area contributed by atoms with Crippen molar-refractivity contribution in [3.63, 3.8) is 0 Å². The fourth-order valence-corrected chi connectivity index (χ4v) is 6.22. The van der Waals surface area contributed by atoms with Gasteiger partial charge in [-0.2, -0.15) is 0 Å². The molecule has 1 aliphatic rings. The van der Waals surface area contributed by atoms with E-state index >= 15 is 0 Å². The van der Waals surface area contributed by atoms with E-state index in [0.29, 0.717) is 30.4 Å². The summed E-state index contributed by atoms with van der Waals surface area (Å²) in [6.45, 7) is 0. The van der Waals surface area contributed by atoms with E-state index in [-0.39, 0.29) is 12.2 Å². The number of carboxylic acids is 1. The maximum Gasteiger partial charge on any atom is 0.324 e. The Balaban J connectivity index is 1.64. The van der Waals surface area contributed by atoms with E-state index in [1.165, 1.54) is 0 Å². The molecule has 0 saturated carbocycles. The molecule has 0 spiro atoms. The molecule has 1 aromatic heterocycles. The Kier molecular flexibility index (Phi) is 6.39. The minimum atomic E-state index is -3.72. The third-order valence-corrected chi connectivity index (χ3v) is 7.83. The van der Waals surface area contributed by atoms with Crippen molar-refractivity contribution >= 4 is 15.8 Å². The SMILES string of the molecule is O=C(O)[C@]1(CCCc2cccnc2)Cc2ccccc2C(S(=O)(=O)Cc2ccccc2)N1. The third kappa shape index (κ3) is 4.74. The van der Waals surface area contributed by atoms with Crippen molar-refractivity contribution in [1.29, 1.82) is 0 Å². The highest BCUT2D eigenvalue weighted by Gasteiger charge is 2.47. The molecule has 2 atom stereocenters. The van der Waals surface area contributed by atoms with Crippen molar-refractivity contribution in [2.75, 3.05) is 0 Å².